The monoisotopic (exact) mass is 468 g/mol. The number of carbonyl (C=O) groups excluding carboxylic acids is 1. The van der Waals surface area contributed by atoms with Crippen LogP contribution in [0.25, 0.3) is 22.2 Å². The van der Waals surface area contributed by atoms with Gasteiger partial charge in [0, 0.05) is 30.2 Å². The molecule has 4 aromatic rings. The van der Waals surface area contributed by atoms with Crippen LogP contribution in [0.1, 0.15) is 30.9 Å². The summed E-state index contributed by atoms with van der Waals surface area (Å²) < 4.78 is 8.02. The average molecular weight is 469 g/mol. The van der Waals surface area contributed by atoms with Crippen LogP contribution in [-0.2, 0) is 4.79 Å². The number of ether oxygens (including phenoxy) is 1. The number of hydrogen-bond acceptors (Lipinski definition) is 5. The van der Waals surface area contributed by atoms with E-state index in [9.17, 15) is 9.90 Å². The van der Waals surface area contributed by atoms with Crippen molar-refractivity contribution in [3.05, 3.63) is 78.9 Å². The molecule has 178 valence electrons. The Hall–Kier alpha value is -3.71. The molecule has 0 saturated carbocycles. The number of imidazole rings is 1. The third kappa shape index (κ3) is 4.06. The van der Waals surface area contributed by atoms with E-state index in [0.717, 1.165) is 29.4 Å². The quantitative estimate of drug-likeness (QED) is 0.461. The molecular formula is C28H28N4O3. The number of fused-ring (bicyclic) bond motifs is 4. The van der Waals surface area contributed by atoms with Crippen molar-refractivity contribution in [3.63, 3.8) is 0 Å². The first-order valence-electron chi connectivity index (χ1n) is 12.2. The molecule has 1 saturated heterocycles. The third-order valence-corrected chi connectivity index (χ3v) is 7.45. The van der Waals surface area contributed by atoms with Crippen molar-refractivity contribution in [1.82, 2.24) is 19.4 Å². The topological polar surface area (TPSA) is 80.5 Å². The van der Waals surface area contributed by atoms with Crippen LogP contribution in [0.2, 0.25) is 0 Å². The normalized spacial score (nSPS) is 18.3. The van der Waals surface area contributed by atoms with Gasteiger partial charge in [-0.15, -0.1) is 0 Å². The lowest BCUT2D eigenvalue weighted by Crippen LogP contribution is -2.43. The van der Waals surface area contributed by atoms with E-state index in [2.05, 4.69) is 32.7 Å². The Morgan fingerprint density at radius 3 is 2.80 bits per heavy atom. The molecule has 0 radical (unpaired) electrons. The van der Waals surface area contributed by atoms with Crippen molar-refractivity contribution < 1.29 is 14.6 Å². The number of benzene rings is 2. The number of rotatable bonds is 6. The van der Waals surface area contributed by atoms with Gasteiger partial charge in [-0.1, -0.05) is 42.5 Å². The summed E-state index contributed by atoms with van der Waals surface area (Å²) in [7, 11) is 0. The van der Waals surface area contributed by atoms with E-state index in [4.69, 9.17) is 4.74 Å². The van der Waals surface area contributed by atoms with Crippen molar-refractivity contribution >= 4 is 16.8 Å². The van der Waals surface area contributed by atoms with E-state index >= 15 is 0 Å². The lowest BCUT2D eigenvalue weighted by Gasteiger charge is -2.35. The lowest BCUT2D eigenvalue weighted by molar-refractivity contribution is -0.135. The summed E-state index contributed by atoms with van der Waals surface area (Å²) in [4.78, 5) is 23.4. The molecule has 1 amide bonds. The number of carbonyl (C=O) groups is 1. The second kappa shape index (κ2) is 9.15. The number of piperidine rings is 1. The van der Waals surface area contributed by atoms with Gasteiger partial charge in [-0.2, -0.15) is 0 Å². The molecule has 35 heavy (non-hydrogen) atoms. The number of amides is 1. The van der Waals surface area contributed by atoms with E-state index < -0.39 is 6.10 Å². The van der Waals surface area contributed by atoms with Crippen LogP contribution in [0.3, 0.4) is 0 Å². The van der Waals surface area contributed by atoms with Gasteiger partial charge in [-0.05, 0) is 42.9 Å². The highest BCUT2D eigenvalue weighted by atomic mass is 16.5. The molecule has 1 N–H and O–H groups in total. The minimum Gasteiger partial charge on any atom is -0.481 e. The molecule has 2 aliphatic heterocycles. The number of aliphatic hydroxyl groups is 1. The fraction of sp³-hybridized carbons (Fsp3) is 0.321. The summed E-state index contributed by atoms with van der Waals surface area (Å²) in [5.74, 6) is 0.762. The molecule has 0 aliphatic carbocycles. The highest BCUT2D eigenvalue weighted by Gasteiger charge is 2.34. The molecule has 2 unspecified atom stereocenters. The molecule has 0 spiro atoms. The molecule has 2 aromatic heterocycles. The van der Waals surface area contributed by atoms with Crippen LogP contribution < -0.4 is 4.74 Å². The number of aliphatic hydroxyl groups excluding tert-OH is 1. The maximum absolute atomic E-state index is 12.8. The van der Waals surface area contributed by atoms with Crippen LogP contribution >= 0.6 is 0 Å². The standard InChI is InChI=1S/C28H28N4O3/c33-25(15-23-21-7-1-2-8-22(21)24-16-29-18-32(23)24)19-10-13-31(14-11-19)27(34)17-35-26-9-3-5-20-6-4-12-30-28(20)26/h1-9,12,16,18-19,23,25,33H,10-11,13-15,17H2. The Bertz CT molecular complexity index is 1350. The highest BCUT2D eigenvalue weighted by Crippen LogP contribution is 2.42. The SMILES string of the molecule is O=C(COc1cccc2cccnc12)N1CCC(C(O)CC2c3ccccc3-c3cncn32)CC1. The van der Waals surface area contributed by atoms with Gasteiger partial charge >= 0.3 is 0 Å². The summed E-state index contributed by atoms with van der Waals surface area (Å²) in [5.41, 5.74) is 4.32. The second-order valence-corrected chi connectivity index (χ2v) is 9.43. The molecule has 6 rings (SSSR count). The molecule has 2 aliphatic rings. The Labute approximate surface area is 204 Å². The molecular weight excluding hydrogens is 440 g/mol. The first kappa shape index (κ1) is 21.8. The maximum Gasteiger partial charge on any atom is 0.260 e. The lowest BCUT2D eigenvalue weighted by atomic mass is 9.86. The van der Waals surface area contributed by atoms with Crippen molar-refractivity contribution in [2.45, 2.75) is 31.4 Å². The van der Waals surface area contributed by atoms with Crippen LogP contribution in [0, 0.1) is 5.92 Å². The zero-order valence-electron chi connectivity index (χ0n) is 19.5. The van der Waals surface area contributed by atoms with Crippen LogP contribution in [0.4, 0.5) is 0 Å². The number of nitrogens with zero attached hydrogens (tertiary/aromatic N) is 4. The van der Waals surface area contributed by atoms with Crippen LogP contribution in [0.15, 0.2) is 73.3 Å². The second-order valence-electron chi connectivity index (χ2n) is 9.43. The summed E-state index contributed by atoms with van der Waals surface area (Å²) in [6.07, 6.45) is 7.27. The number of pyridine rings is 1. The molecule has 7 heteroatoms. The van der Waals surface area contributed by atoms with Gasteiger partial charge in [0.2, 0.25) is 0 Å². The average Bonchev–Trinajstić information content (AvgIpc) is 3.50. The van der Waals surface area contributed by atoms with Gasteiger partial charge in [0.15, 0.2) is 6.61 Å². The van der Waals surface area contributed by atoms with Crippen molar-refractivity contribution in [3.8, 4) is 17.0 Å². The van der Waals surface area contributed by atoms with E-state index in [-0.39, 0.29) is 24.5 Å². The molecule has 7 nitrogen and oxygen atoms in total. The fourth-order valence-electron chi connectivity index (χ4n) is 5.55. The van der Waals surface area contributed by atoms with Gasteiger partial charge in [-0.25, -0.2) is 4.98 Å². The van der Waals surface area contributed by atoms with Crippen molar-refractivity contribution in [2.24, 2.45) is 5.92 Å². The molecule has 2 aromatic carbocycles. The third-order valence-electron chi connectivity index (χ3n) is 7.45. The van der Waals surface area contributed by atoms with Gasteiger partial charge in [0.1, 0.15) is 11.3 Å². The Balaban J connectivity index is 1.05. The predicted molar refractivity (Wildman–Crippen MR) is 133 cm³/mol. The summed E-state index contributed by atoms with van der Waals surface area (Å²) in [6.45, 7) is 1.26. The van der Waals surface area contributed by atoms with E-state index in [0.29, 0.717) is 25.3 Å². The minimum atomic E-state index is -0.434. The van der Waals surface area contributed by atoms with Crippen LogP contribution in [-0.4, -0.2) is 56.2 Å². The van der Waals surface area contributed by atoms with Gasteiger partial charge in [0.05, 0.1) is 30.4 Å². The van der Waals surface area contributed by atoms with Crippen molar-refractivity contribution in [2.75, 3.05) is 19.7 Å². The molecule has 4 heterocycles. The van der Waals surface area contributed by atoms with Gasteiger partial charge < -0.3 is 19.3 Å². The molecule has 2 atom stereocenters. The Kier molecular flexibility index (Phi) is 5.70. The fourth-order valence-corrected chi connectivity index (χ4v) is 5.55. The van der Waals surface area contributed by atoms with Crippen molar-refractivity contribution in [1.29, 1.82) is 0 Å². The van der Waals surface area contributed by atoms with E-state index in [1.807, 2.05) is 53.8 Å². The van der Waals surface area contributed by atoms with Crippen LogP contribution in [0.5, 0.6) is 5.75 Å². The first-order chi connectivity index (χ1) is 17.2. The van der Waals surface area contributed by atoms with E-state index in [1.165, 1.54) is 11.1 Å². The zero-order valence-corrected chi connectivity index (χ0v) is 19.5. The number of hydrogen-bond donors (Lipinski definition) is 1. The molecule has 0 bridgehead atoms. The summed E-state index contributed by atoms with van der Waals surface area (Å²) >= 11 is 0. The van der Waals surface area contributed by atoms with E-state index in [1.54, 1.807) is 6.20 Å². The first-order valence-corrected chi connectivity index (χ1v) is 12.2. The highest BCUT2D eigenvalue weighted by molar-refractivity contribution is 5.85. The largest absolute Gasteiger partial charge is 0.481 e. The number of aromatic nitrogens is 3. The molecule has 1 fully saturated rings. The number of para-hydroxylation sites is 1. The summed E-state index contributed by atoms with van der Waals surface area (Å²) in [5, 5.41) is 12.1. The Morgan fingerprint density at radius 1 is 1.09 bits per heavy atom. The smallest absolute Gasteiger partial charge is 0.260 e. The zero-order chi connectivity index (χ0) is 23.8. The maximum atomic E-state index is 12.8. The summed E-state index contributed by atoms with van der Waals surface area (Å²) in [6, 6.07) is 18.1. The number of likely N-dealkylation sites (tertiary alicyclic amines) is 1. The Morgan fingerprint density at radius 2 is 1.91 bits per heavy atom. The minimum absolute atomic E-state index is 0.00876. The van der Waals surface area contributed by atoms with Gasteiger partial charge in [0.25, 0.3) is 5.91 Å². The van der Waals surface area contributed by atoms with Gasteiger partial charge in [-0.3, -0.25) is 9.78 Å². The predicted octanol–water partition coefficient (Wildman–Crippen LogP) is 4.07.